The van der Waals surface area contributed by atoms with E-state index in [2.05, 4.69) is 6.58 Å². The molecule has 2 aliphatic heterocycles. The second-order valence-electron chi connectivity index (χ2n) is 7.68. The van der Waals surface area contributed by atoms with Crippen LogP contribution in [-0.4, -0.2) is 39.0 Å². The van der Waals surface area contributed by atoms with Gasteiger partial charge in [-0.2, -0.15) is 0 Å². The Hall–Kier alpha value is -2.38. The zero-order valence-corrected chi connectivity index (χ0v) is 15.4. The maximum atomic E-state index is 12.1. The molecule has 1 aromatic heterocycles. The number of fused-ring (bicyclic) bond motifs is 3. The predicted molar refractivity (Wildman–Crippen MR) is 95.1 cm³/mol. The summed E-state index contributed by atoms with van der Waals surface area (Å²) in [6.45, 7) is 7.21. The van der Waals surface area contributed by atoms with E-state index in [4.69, 9.17) is 9.15 Å². The van der Waals surface area contributed by atoms with Crippen molar-refractivity contribution in [2.24, 2.45) is 5.92 Å². The highest BCUT2D eigenvalue weighted by Crippen LogP contribution is 2.37. The van der Waals surface area contributed by atoms with E-state index in [0.717, 1.165) is 5.57 Å². The summed E-state index contributed by atoms with van der Waals surface area (Å²) < 4.78 is 11.0. The summed E-state index contributed by atoms with van der Waals surface area (Å²) in [5.41, 5.74) is -0.356. The molecule has 4 atom stereocenters. The zero-order chi connectivity index (χ0) is 19.9. The molecule has 3 heterocycles. The highest BCUT2D eigenvalue weighted by molar-refractivity contribution is 5.91. The van der Waals surface area contributed by atoms with E-state index in [1.807, 2.05) is 6.92 Å². The van der Waals surface area contributed by atoms with Gasteiger partial charge in [0.25, 0.3) is 0 Å². The Labute approximate surface area is 156 Å². The van der Waals surface area contributed by atoms with Gasteiger partial charge in [-0.05, 0) is 44.7 Å². The minimum atomic E-state index is -1.68. The number of hydrogen-bond acceptors (Lipinski definition) is 6. The number of aliphatic hydroxyl groups is 2. The lowest BCUT2D eigenvalue weighted by molar-refractivity contribution is -0.145. The van der Waals surface area contributed by atoms with Gasteiger partial charge < -0.3 is 24.5 Å². The first-order chi connectivity index (χ1) is 12.6. The number of ether oxygens (including phenoxy) is 1. The van der Waals surface area contributed by atoms with Crippen molar-refractivity contribution < 1.29 is 34.1 Å². The Morgan fingerprint density at radius 2 is 2.11 bits per heavy atom. The van der Waals surface area contributed by atoms with Crippen LogP contribution in [0.1, 0.15) is 61.1 Å². The summed E-state index contributed by atoms with van der Waals surface area (Å²) in [6, 6.07) is 1.25. The fraction of sp³-hybridized carbons (Fsp3) is 0.500. The summed E-state index contributed by atoms with van der Waals surface area (Å²) in [7, 11) is 0. The van der Waals surface area contributed by atoms with Crippen LogP contribution in [0.25, 0.3) is 0 Å². The third-order valence-corrected chi connectivity index (χ3v) is 5.33. The number of aliphatic hydroxyl groups excluding tert-OH is 1. The number of hydrogen-bond donors (Lipinski definition) is 3. The maximum absolute atomic E-state index is 12.1. The van der Waals surface area contributed by atoms with Crippen LogP contribution in [0, 0.1) is 5.92 Å². The Morgan fingerprint density at radius 3 is 2.74 bits per heavy atom. The van der Waals surface area contributed by atoms with Gasteiger partial charge in [-0.1, -0.05) is 12.2 Å². The number of allylic oxidation sites excluding steroid dienone is 1. The minimum Gasteiger partial charge on any atom is -0.478 e. The minimum absolute atomic E-state index is 0.0272. The number of carboxylic acid groups (broad SMARTS) is 1. The second-order valence-corrected chi connectivity index (χ2v) is 7.68. The molecule has 0 aromatic carbocycles. The second kappa shape index (κ2) is 6.98. The molecule has 0 saturated carbocycles. The van der Waals surface area contributed by atoms with Crippen LogP contribution in [0.2, 0.25) is 0 Å². The van der Waals surface area contributed by atoms with Crippen molar-refractivity contribution in [3.05, 3.63) is 47.0 Å². The molecular formula is C20H24O7. The summed E-state index contributed by atoms with van der Waals surface area (Å²) in [6.07, 6.45) is 0.833. The molecule has 3 N–H and O–H groups in total. The van der Waals surface area contributed by atoms with Gasteiger partial charge in [0.05, 0.1) is 5.60 Å². The third-order valence-electron chi connectivity index (χ3n) is 5.33. The number of carbonyl (C=O) groups excluding carboxylic acids is 1. The molecule has 0 spiro atoms. The van der Waals surface area contributed by atoms with Crippen LogP contribution < -0.4 is 0 Å². The van der Waals surface area contributed by atoms with Gasteiger partial charge in [0.1, 0.15) is 29.3 Å². The van der Waals surface area contributed by atoms with Gasteiger partial charge in [-0.15, -0.1) is 0 Å². The van der Waals surface area contributed by atoms with Crippen molar-refractivity contribution in [3.8, 4) is 0 Å². The number of aromatic carboxylic acids is 1. The van der Waals surface area contributed by atoms with Gasteiger partial charge in [-0.25, -0.2) is 9.59 Å². The Balaban J connectivity index is 2.05. The lowest BCUT2D eigenvalue weighted by atomic mass is 9.88. The van der Waals surface area contributed by atoms with E-state index in [-0.39, 0.29) is 35.8 Å². The molecule has 7 nitrogen and oxygen atoms in total. The first kappa shape index (κ1) is 19.4. The van der Waals surface area contributed by atoms with Crippen LogP contribution in [0.5, 0.6) is 0 Å². The molecule has 7 heteroatoms. The van der Waals surface area contributed by atoms with Crippen molar-refractivity contribution in [3.63, 3.8) is 0 Å². The van der Waals surface area contributed by atoms with Crippen LogP contribution in [0.3, 0.4) is 0 Å². The van der Waals surface area contributed by atoms with Crippen molar-refractivity contribution in [2.75, 3.05) is 0 Å². The molecule has 0 unspecified atom stereocenters. The monoisotopic (exact) mass is 376 g/mol. The Bertz CT molecular complexity index is 814. The molecule has 146 valence electrons. The number of carbonyl (C=O) groups is 2. The van der Waals surface area contributed by atoms with E-state index in [1.165, 1.54) is 13.0 Å². The number of esters is 1. The van der Waals surface area contributed by atoms with Crippen LogP contribution in [0.15, 0.2) is 34.3 Å². The van der Waals surface area contributed by atoms with E-state index in [9.17, 15) is 24.9 Å². The van der Waals surface area contributed by atoms with Crippen LogP contribution in [-0.2, 0) is 16.0 Å². The summed E-state index contributed by atoms with van der Waals surface area (Å²) in [5, 5.41) is 30.8. The summed E-state index contributed by atoms with van der Waals surface area (Å²) >= 11 is 0. The highest BCUT2D eigenvalue weighted by Gasteiger charge is 2.40. The van der Waals surface area contributed by atoms with Gasteiger partial charge in [0, 0.05) is 18.4 Å². The molecular weight excluding hydrogens is 352 g/mol. The molecule has 0 radical (unpaired) electrons. The molecule has 0 amide bonds. The van der Waals surface area contributed by atoms with Crippen LogP contribution in [0.4, 0.5) is 0 Å². The number of carboxylic acids is 1. The SMILES string of the molecule is C=C(C)[C@H]1CCC2=C[C@@H](C[C@](C)(O)[C@H](O)c3cc(C(=O)O)c(o3)C1)OC2=O. The van der Waals surface area contributed by atoms with Gasteiger partial charge in [0.15, 0.2) is 0 Å². The topological polar surface area (TPSA) is 117 Å². The quantitative estimate of drug-likeness (QED) is 0.536. The van der Waals surface area contributed by atoms with Gasteiger partial charge in [0.2, 0.25) is 0 Å². The van der Waals surface area contributed by atoms with E-state index < -0.39 is 29.7 Å². The van der Waals surface area contributed by atoms with Crippen molar-refractivity contribution in [2.45, 2.75) is 57.3 Å². The number of furan rings is 1. The molecule has 4 bridgehead atoms. The highest BCUT2D eigenvalue weighted by atomic mass is 16.5. The summed E-state index contributed by atoms with van der Waals surface area (Å²) in [5.74, 6) is -1.50. The predicted octanol–water partition coefficient (Wildman–Crippen LogP) is 2.53. The smallest absolute Gasteiger partial charge is 0.339 e. The van der Waals surface area contributed by atoms with E-state index in [0.29, 0.717) is 18.4 Å². The first-order valence-corrected chi connectivity index (χ1v) is 8.92. The molecule has 3 rings (SSSR count). The molecule has 0 saturated heterocycles. The standard InChI is InChI=1S/C20H24O7/c1-10(2)11-4-5-12-6-13(26-19(12)24)9-20(3,25)17(21)16-8-14(18(22)23)15(7-11)27-16/h6,8,11,13,17,21,25H,1,4-5,7,9H2,2-3H3,(H,22,23)/t11-,13-,17+,20-/m0/s1. The molecule has 2 aliphatic rings. The van der Waals surface area contributed by atoms with Gasteiger partial charge in [-0.3, -0.25) is 0 Å². The normalized spacial score (nSPS) is 31.2. The maximum Gasteiger partial charge on any atom is 0.339 e. The molecule has 27 heavy (non-hydrogen) atoms. The molecule has 0 aliphatic carbocycles. The largest absolute Gasteiger partial charge is 0.478 e. The first-order valence-electron chi connectivity index (χ1n) is 8.92. The van der Waals surface area contributed by atoms with E-state index >= 15 is 0 Å². The zero-order valence-electron chi connectivity index (χ0n) is 15.4. The summed E-state index contributed by atoms with van der Waals surface area (Å²) in [4.78, 5) is 23.7. The Kier molecular flexibility index (Phi) is 5.01. The molecule has 1 aromatic rings. The van der Waals surface area contributed by atoms with Gasteiger partial charge >= 0.3 is 11.9 Å². The number of rotatable bonds is 2. The van der Waals surface area contributed by atoms with E-state index in [1.54, 1.807) is 6.08 Å². The van der Waals surface area contributed by atoms with Crippen molar-refractivity contribution >= 4 is 11.9 Å². The fourth-order valence-corrected chi connectivity index (χ4v) is 3.64. The Morgan fingerprint density at radius 1 is 1.41 bits per heavy atom. The van der Waals surface area contributed by atoms with Crippen molar-refractivity contribution in [1.82, 2.24) is 0 Å². The lowest BCUT2D eigenvalue weighted by Gasteiger charge is -2.29. The van der Waals surface area contributed by atoms with Crippen molar-refractivity contribution in [1.29, 1.82) is 0 Å². The average molecular weight is 376 g/mol. The molecule has 0 fully saturated rings. The van der Waals surface area contributed by atoms with Crippen LogP contribution >= 0.6 is 0 Å². The lowest BCUT2D eigenvalue weighted by Crippen LogP contribution is -2.36. The average Bonchev–Trinajstić information content (AvgIpc) is 3.13. The third kappa shape index (κ3) is 3.84. The fourth-order valence-electron chi connectivity index (χ4n) is 3.64.